The molecule has 2 aromatic carbocycles. The largest absolute Gasteiger partial charge is 0.469 e. The number of hydrogen-bond acceptors (Lipinski definition) is 5. The van der Waals surface area contributed by atoms with Crippen LogP contribution in [-0.2, 0) is 9.53 Å². The Kier molecular flexibility index (Phi) is 6.75. The van der Waals surface area contributed by atoms with Crippen molar-refractivity contribution < 1.29 is 18.7 Å². The molecular formula is C24H24ClN3O4. The van der Waals surface area contributed by atoms with Crippen LogP contribution in [0.15, 0.2) is 59.1 Å². The molecule has 1 heterocycles. The van der Waals surface area contributed by atoms with Gasteiger partial charge in [0, 0.05) is 27.9 Å². The number of nitrogens with one attached hydrogen (secondary N) is 2. The summed E-state index contributed by atoms with van der Waals surface area (Å²) in [6, 6.07) is 13.9. The Hall–Kier alpha value is -3.32. The second kappa shape index (κ2) is 9.87. The Morgan fingerprint density at radius 3 is 2.44 bits per heavy atom. The van der Waals surface area contributed by atoms with Crippen LogP contribution in [0.4, 0.5) is 16.2 Å². The van der Waals surface area contributed by atoms with E-state index in [9.17, 15) is 9.59 Å². The molecule has 1 aliphatic rings. The topological polar surface area (TPSA) is 93.5 Å². The van der Waals surface area contributed by atoms with Gasteiger partial charge in [-0.1, -0.05) is 17.7 Å². The predicted octanol–water partition coefficient (Wildman–Crippen LogP) is 6.09. The summed E-state index contributed by atoms with van der Waals surface area (Å²) in [6.45, 7) is 0. The van der Waals surface area contributed by atoms with E-state index in [1.807, 2.05) is 12.1 Å². The van der Waals surface area contributed by atoms with Gasteiger partial charge < -0.3 is 19.8 Å². The number of carbonyl (C=O) groups excluding carboxylic acids is 2. The number of ether oxygens (including phenoxy) is 1. The second-order valence-electron chi connectivity index (χ2n) is 7.80. The first-order valence-electron chi connectivity index (χ1n) is 10.5. The quantitative estimate of drug-likeness (QED) is 0.456. The summed E-state index contributed by atoms with van der Waals surface area (Å²) in [4.78, 5) is 28.3. The van der Waals surface area contributed by atoms with E-state index >= 15 is 0 Å². The summed E-state index contributed by atoms with van der Waals surface area (Å²) in [6.07, 6.45) is 4.99. The maximum absolute atomic E-state index is 12.2. The maximum atomic E-state index is 12.2. The van der Waals surface area contributed by atoms with E-state index in [-0.39, 0.29) is 23.8 Å². The van der Waals surface area contributed by atoms with Crippen LogP contribution in [0.1, 0.15) is 37.5 Å². The molecule has 1 fully saturated rings. The lowest BCUT2D eigenvalue weighted by Crippen LogP contribution is -2.22. The Balaban J connectivity index is 1.34. The number of esters is 1. The zero-order valence-corrected chi connectivity index (χ0v) is 18.4. The van der Waals surface area contributed by atoms with Crippen molar-refractivity contribution in [2.75, 3.05) is 17.7 Å². The van der Waals surface area contributed by atoms with E-state index in [2.05, 4.69) is 15.6 Å². The van der Waals surface area contributed by atoms with Gasteiger partial charge in [0.1, 0.15) is 0 Å². The summed E-state index contributed by atoms with van der Waals surface area (Å²) in [5, 5.41) is 6.08. The minimum absolute atomic E-state index is 0.0261. The predicted molar refractivity (Wildman–Crippen MR) is 123 cm³/mol. The number of oxazole rings is 1. The normalized spacial score (nSPS) is 18.1. The molecular weight excluding hydrogens is 430 g/mol. The Bertz CT molecular complexity index is 1090. The number of anilines is 2. The van der Waals surface area contributed by atoms with Gasteiger partial charge >= 0.3 is 12.0 Å². The van der Waals surface area contributed by atoms with E-state index in [4.69, 9.17) is 20.8 Å². The molecule has 1 saturated carbocycles. The van der Waals surface area contributed by atoms with Crippen molar-refractivity contribution in [3.05, 3.63) is 65.6 Å². The van der Waals surface area contributed by atoms with Crippen LogP contribution < -0.4 is 10.6 Å². The van der Waals surface area contributed by atoms with Crippen LogP contribution in [0.25, 0.3) is 11.3 Å². The zero-order valence-electron chi connectivity index (χ0n) is 17.6. The fourth-order valence-electron chi connectivity index (χ4n) is 3.93. The van der Waals surface area contributed by atoms with Crippen molar-refractivity contribution in [2.45, 2.75) is 31.6 Å². The maximum Gasteiger partial charge on any atom is 0.323 e. The monoisotopic (exact) mass is 453 g/mol. The van der Waals surface area contributed by atoms with Crippen molar-refractivity contribution in [3.63, 3.8) is 0 Å². The number of urea groups is 1. The van der Waals surface area contributed by atoms with E-state index in [1.54, 1.807) is 42.6 Å². The molecule has 8 heteroatoms. The first-order chi connectivity index (χ1) is 15.5. The van der Waals surface area contributed by atoms with Crippen LogP contribution in [-0.4, -0.2) is 24.1 Å². The molecule has 0 radical (unpaired) electrons. The number of amides is 2. The summed E-state index contributed by atoms with van der Waals surface area (Å²) < 4.78 is 10.9. The number of methoxy groups -OCH3 is 1. The fraction of sp³-hybridized carbons (Fsp3) is 0.292. The molecule has 4 rings (SSSR count). The zero-order chi connectivity index (χ0) is 22.5. The van der Waals surface area contributed by atoms with Crippen LogP contribution in [0.3, 0.4) is 0 Å². The third-order valence-corrected chi connectivity index (χ3v) is 5.88. The number of nitrogens with zero attached hydrogens (tertiary/aromatic N) is 1. The summed E-state index contributed by atoms with van der Waals surface area (Å²) >= 11 is 5.94. The van der Waals surface area contributed by atoms with Crippen molar-refractivity contribution in [1.29, 1.82) is 0 Å². The number of halogens is 1. The van der Waals surface area contributed by atoms with Crippen molar-refractivity contribution >= 4 is 35.0 Å². The van der Waals surface area contributed by atoms with Gasteiger partial charge in [-0.05, 0) is 68.1 Å². The van der Waals surface area contributed by atoms with E-state index < -0.39 is 0 Å². The third-order valence-electron chi connectivity index (χ3n) is 5.64. The summed E-state index contributed by atoms with van der Waals surface area (Å²) in [7, 11) is 1.43. The van der Waals surface area contributed by atoms with Gasteiger partial charge in [0.05, 0.1) is 19.2 Å². The van der Waals surface area contributed by atoms with Gasteiger partial charge in [-0.2, -0.15) is 0 Å². The standard InChI is InChI=1S/C24H24ClN3O4/c1-31-23(29)17-7-5-16(6-8-17)22-26-14-21(32-22)15-9-11-19(12-10-15)27-24(30)28-20-4-2-3-18(25)13-20/h2-4,9-14,16-17H,5-8H2,1H3,(H2,27,28,30). The highest BCUT2D eigenvalue weighted by atomic mass is 35.5. The van der Waals surface area contributed by atoms with E-state index in [0.717, 1.165) is 31.2 Å². The SMILES string of the molecule is COC(=O)C1CCC(c2ncc(-c3ccc(NC(=O)Nc4cccc(Cl)c4)cc3)o2)CC1. The molecule has 7 nitrogen and oxygen atoms in total. The van der Waals surface area contributed by atoms with E-state index in [0.29, 0.717) is 28.0 Å². The molecule has 2 amide bonds. The molecule has 1 aliphatic carbocycles. The molecule has 0 bridgehead atoms. The average molecular weight is 454 g/mol. The van der Waals surface area contributed by atoms with E-state index in [1.165, 1.54) is 7.11 Å². The lowest BCUT2D eigenvalue weighted by atomic mass is 9.82. The van der Waals surface area contributed by atoms with Gasteiger partial charge in [-0.3, -0.25) is 4.79 Å². The molecule has 0 spiro atoms. The minimum Gasteiger partial charge on any atom is -0.469 e. The number of aromatic nitrogens is 1. The Labute approximate surface area is 191 Å². The molecule has 3 aromatic rings. The molecule has 1 aromatic heterocycles. The Morgan fingerprint density at radius 1 is 1.03 bits per heavy atom. The lowest BCUT2D eigenvalue weighted by Gasteiger charge is -2.24. The highest BCUT2D eigenvalue weighted by molar-refractivity contribution is 6.30. The number of hydrogen-bond donors (Lipinski definition) is 2. The van der Waals surface area contributed by atoms with Crippen LogP contribution in [0, 0.1) is 5.92 Å². The molecule has 2 N–H and O–H groups in total. The van der Waals surface area contributed by atoms with Gasteiger partial charge in [0.2, 0.25) is 0 Å². The first kappa shape index (κ1) is 21.9. The second-order valence-corrected chi connectivity index (χ2v) is 8.24. The molecule has 0 saturated heterocycles. The molecule has 0 atom stereocenters. The summed E-state index contributed by atoms with van der Waals surface area (Å²) in [5.41, 5.74) is 2.13. The van der Waals surface area contributed by atoms with Crippen LogP contribution >= 0.6 is 11.6 Å². The highest BCUT2D eigenvalue weighted by Gasteiger charge is 2.30. The van der Waals surface area contributed by atoms with Crippen LogP contribution in [0.2, 0.25) is 5.02 Å². The molecule has 166 valence electrons. The smallest absolute Gasteiger partial charge is 0.323 e. The minimum atomic E-state index is -0.357. The third kappa shape index (κ3) is 5.29. The molecule has 0 aliphatic heterocycles. The van der Waals surface area contributed by atoms with Gasteiger partial charge in [-0.25, -0.2) is 9.78 Å². The number of benzene rings is 2. The Morgan fingerprint density at radius 2 is 1.75 bits per heavy atom. The number of rotatable bonds is 5. The lowest BCUT2D eigenvalue weighted by molar-refractivity contribution is -0.146. The van der Waals surface area contributed by atoms with Crippen LogP contribution in [0.5, 0.6) is 0 Å². The molecule has 32 heavy (non-hydrogen) atoms. The van der Waals surface area contributed by atoms with Gasteiger partial charge in [-0.15, -0.1) is 0 Å². The van der Waals surface area contributed by atoms with Crippen molar-refractivity contribution in [1.82, 2.24) is 4.98 Å². The van der Waals surface area contributed by atoms with Crippen molar-refractivity contribution in [2.24, 2.45) is 5.92 Å². The average Bonchev–Trinajstić information content (AvgIpc) is 3.29. The summed E-state index contributed by atoms with van der Waals surface area (Å²) in [5.74, 6) is 1.42. The highest BCUT2D eigenvalue weighted by Crippen LogP contribution is 2.37. The van der Waals surface area contributed by atoms with Gasteiger partial charge in [0.15, 0.2) is 11.7 Å². The first-order valence-corrected chi connectivity index (χ1v) is 10.9. The fourth-order valence-corrected chi connectivity index (χ4v) is 4.12. The molecule has 0 unspecified atom stereocenters. The van der Waals surface area contributed by atoms with Gasteiger partial charge in [0.25, 0.3) is 0 Å². The number of carbonyl (C=O) groups is 2. The van der Waals surface area contributed by atoms with Crippen molar-refractivity contribution in [3.8, 4) is 11.3 Å².